The van der Waals surface area contributed by atoms with Crippen LogP contribution in [0.2, 0.25) is 0 Å². The molecular formula is C16H24N2O2. The number of carbonyl (C=O) groups excluding carboxylic acids is 1. The highest BCUT2D eigenvalue weighted by molar-refractivity contribution is 5.76. The molecule has 0 radical (unpaired) electrons. The van der Waals surface area contributed by atoms with Crippen LogP contribution in [0.4, 0.5) is 0 Å². The third kappa shape index (κ3) is 4.53. The molecule has 0 bridgehead atoms. The number of likely N-dealkylation sites (tertiary alicyclic amines) is 1. The molecule has 1 unspecified atom stereocenters. The smallest absolute Gasteiger partial charge is 0.226 e. The van der Waals surface area contributed by atoms with Gasteiger partial charge in [-0.3, -0.25) is 4.79 Å². The van der Waals surface area contributed by atoms with Gasteiger partial charge < -0.3 is 15.4 Å². The molecule has 1 saturated heterocycles. The van der Waals surface area contributed by atoms with E-state index >= 15 is 0 Å². The van der Waals surface area contributed by atoms with Crippen LogP contribution in [0.1, 0.15) is 25.7 Å². The van der Waals surface area contributed by atoms with Gasteiger partial charge in [0.05, 0.1) is 13.0 Å². The molecule has 1 amide bonds. The lowest BCUT2D eigenvalue weighted by molar-refractivity contribution is -0.133. The predicted octanol–water partition coefficient (Wildman–Crippen LogP) is 2.04. The number of hydrogen-bond donors (Lipinski definition) is 1. The standard InChI is InChI=1S/C16H24N2O2/c17-10-8-14-5-4-11-18(13-14)16(19)9-12-20-15-6-2-1-3-7-15/h1-3,6-7,14H,4-5,8-13,17H2. The Morgan fingerprint density at radius 3 is 2.90 bits per heavy atom. The Balaban J connectivity index is 1.71. The number of nitrogens with zero attached hydrogens (tertiary/aromatic N) is 1. The van der Waals surface area contributed by atoms with Crippen LogP contribution < -0.4 is 10.5 Å². The molecule has 0 aromatic heterocycles. The maximum atomic E-state index is 12.2. The van der Waals surface area contributed by atoms with E-state index in [0.29, 0.717) is 25.5 Å². The molecule has 4 nitrogen and oxygen atoms in total. The Morgan fingerprint density at radius 1 is 1.35 bits per heavy atom. The van der Waals surface area contributed by atoms with Crippen molar-refractivity contribution in [1.82, 2.24) is 4.90 Å². The summed E-state index contributed by atoms with van der Waals surface area (Å²) in [7, 11) is 0. The summed E-state index contributed by atoms with van der Waals surface area (Å²) in [5, 5.41) is 0. The lowest BCUT2D eigenvalue weighted by Gasteiger charge is -2.32. The minimum Gasteiger partial charge on any atom is -0.493 e. The van der Waals surface area contributed by atoms with E-state index in [1.165, 1.54) is 6.42 Å². The van der Waals surface area contributed by atoms with E-state index in [0.717, 1.165) is 31.7 Å². The van der Waals surface area contributed by atoms with E-state index in [1.807, 2.05) is 35.2 Å². The van der Waals surface area contributed by atoms with Crippen molar-refractivity contribution in [3.8, 4) is 5.75 Å². The number of para-hydroxylation sites is 1. The van der Waals surface area contributed by atoms with Gasteiger partial charge in [0.1, 0.15) is 5.75 Å². The van der Waals surface area contributed by atoms with Crippen molar-refractivity contribution < 1.29 is 9.53 Å². The van der Waals surface area contributed by atoms with Gasteiger partial charge in [0.25, 0.3) is 0 Å². The number of ether oxygens (including phenoxy) is 1. The number of carbonyl (C=O) groups is 1. The fourth-order valence-electron chi connectivity index (χ4n) is 2.69. The first kappa shape index (κ1) is 14.9. The molecule has 1 aromatic carbocycles. The molecule has 0 saturated carbocycles. The van der Waals surface area contributed by atoms with Crippen molar-refractivity contribution in [1.29, 1.82) is 0 Å². The third-order valence-electron chi connectivity index (χ3n) is 3.77. The molecule has 1 heterocycles. The van der Waals surface area contributed by atoms with E-state index in [1.54, 1.807) is 0 Å². The zero-order valence-corrected chi connectivity index (χ0v) is 12.0. The minimum absolute atomic E-state index is 0.197. The predicted molar refractivity (Wildman–Crippen MR) is 79.5 cm³/mol. The first-order chi connectivity index (χ1) is 9.79. The highest BCUT2D eigenvalue weighted by Crippen LogP contribution is 2.19. The average molecular weight is 276 g/mol. The van der Waals surface area contributed by atoms with E-state index < -0.39 is 0 Å². The topological polar surface area (TPSA) is 55.6 Å². The number of rotatable bonds is 6. The zero-order chi connectivity index (χ0) is 14.2. The van der Waals surface area contributed by atoms with Crippen LogP contribution in [0.5, 0.6) is 5.75 Å². The maximum absolute atomic E-state index is 12.2. The third-order valence-corrected chi connectivity index (χ3v) is 3.77. The first-order valence-corrected chi connectivity index (χ1v) is 7.45. The maximum Gasteiger partial charge on any atom is 0.226 e. The molecule has 2 rings (SSSR count). The van der Waals surface area contributed by atoms with Crippen LogP contribution in [0.15, 0.2) is 30.3 Å². The Labute approximate surface area is 120 Å². The van der Waals surface area contributed by atoms with Crippen LogP contribution in [-0.2, 0) is 4.79 Å². The lowest BCUT2D eigenvalue weighted by atomic mass is 9.95. The van der Waals surface area contributed by atoms with E-state index in [4.69, 9.17) is 10.5 Å². The highest BCUT2D eigenvalue weighted by Gasteiger charge is 2.22. The molecular weight excluding hydrogens is 252 g/mol. The number of hydrogen-bond acceptors (Lipinski definition) is 3. The minimum atomic E-state index is 0.197. The number of amides is 1. The fourth-order valence-corrected chi connectivity index (χ4v) is 2.69. The number of piperidine rings is 1. The zero-order valence-electron chi connectivity index (χ0n) is 12.0. The SMILES string of the molecule is NCCC1CCCN(C(=O)CCOc2ccccc2)C1. The summed E-state index contributed by atoms with van der Waals surface area (Å²) in [6, 6.07) is 9.62. The highest BCUT2D eigenvalue weighted by atomic mass is 16.5. The summed E-state index contributed by atoms with van der Waals surface area (Å²) in [6.07, 6.45) is 3.76. The fraction of sp³-hybridized carbons (Fsp3) is 0.562. The molecule has 1 aliphatic heterocycles. The van der Waals surface area contributed by atoms with Gasteiger partial charge in [0.15, 0.2) is 0 Å². The van der Waals surface area contributed by atoms with Crippen molar-refractivity contribution in [3.05, 3.63) is 30.3 Å². The Hall–Kier alpha value is -1.55. The largest absolute Gasteiger partial charge is 0.493 e. The summed E-state index contributed by atoms with van der Waals surface area (Å²) in [5.41, 5.74) is 5.60. The molecule has 4 heteroatoms. The Bertz CT molecular complexity index is 406. The van der Waals surface area contributed by atoms with Gasteiger partial charge in [-0.1, -0.05) is 18.2 Å². The number of benzene rings is 1. The summed E-state index contributed by atoms with van der Waals surface area (Å²) in [5.74, 6) is 1.59. The molecule has 1 aromatic rings. The summed E-state index contributed by atoms with van der Waals surface area (Å²) in [6.45, 7) is 2.90. The van der Waals surface area contributed by atoms with Gasteiger partial charge >= 0.3 is 0 Å². The van der Waals surface area contributed by atoms with Crippen LogP contribution in [-0.4, -0.2) is 37.0 Å². The summed E-state index contributed by atoms with van der Waals surface area (Å²) in [4.78, 5) is 14.1. The molecule has 1 fully saturated rings. The van der Waals surface area contributed by atoms with Crippen LogP contribution in [0.25, 0.3) is 0 Å². The Morgan fingerprint density at radius 2 is 2.15 bits per heavy atom. The van der Waals surface area contributed by atoms with Gasteiger partial charge in [0, 0.05) is 13.1 Å². The van der Waals surface area contributed by atoms with Crippen molar-refractivity contribution >= 4 is 5.91 Å². The normalized spacial score (nSPS) is 18.9. The second-order valence-corrected chi connectivity index (χ2v) is 5.34. The van der Waals surface area contributed by atoms with Crippen molar-refractivity contribution in [2.24, 2.45) is 11.7 Å². The van der Waals surface area contributed by atoms with Crippen molar-refractivity contribution in [3.63, 3.8) is 0 Å². The Kier molecular flexibility index (Phi) is 5.87. The van der Waals surface area contributed by atoms with Crippen molar-refractivity contribution in [2.75, 3.05) is 26.2 Å². The molecule has 20 heavy (non-hydrogen) atoms. The lowest BCUT2D eigenvalue weighted by Crippen LogP contribution is -2.40. The molecule has 0 spiro atoms. The van der Waals surface area contributed by atoms with E-state index in [-0.39, 0.29) is 5.91 Å². The quantitative estimate of drug-likeness (QED) is 0.865. The second kappa shape index (κ2) is 7.90. The van der Waals surface area contributed by atoms with E-state index in [9.17, 15) is 4.79 Å². The monoisotopic (exact) mass is 276 g/mol. The van der Waals surface area contributed by atoms with Gasteiger partial charge in [-0.15, -0.1) is 0 Å². The van der Waals surface area contributed by atoms with Gasteiger partial charge in [-0.05, 0) is 43.9 Å². The summed E-state index contributed by atoms with van der Waals surface area (Å²) >= 11 is 0. The van der Waals surface area contributed by atoms with Crippen LogP contribution in [0, 0.1) is 5.92 Å². The molecule has 0 aliphatic carbocycles. The van der Waals surface area contributed by atoms with Gasteiger partial charge in [-0.2, -0.15) is 0 Å². The summed E-state index contributed by atoms with van der Waals surface area (Å²) < 4.78 is 5.57. The van der Waals surface area contributed by atoms with Crippen molar-refractivity contribution in [2.45, 2.75) is 25.7 Å². The molecule has 1 atom stereocenters. The first-order valence-electron chi connectivity index (χ1n) is 7.45. The van der Waals surface area contributed by atoms with Crippen LogP contribution >= 0.6 is 0 Å². The van der Waals surface area contributed by atoms with E-state index in [2.05, 4.69) is 0 Å². The van der Waals surface area contributed by atoms with Gasteiger partial charge in [0.2, 0.25) is 5.91 Å². The average Bonchev–Trinajstić information content (AvgIpc) is 2.49. The molecule has 2 N–H and O–H groups in total. The molecule has 1 aliphatic rings. The second-order valence-electron chi connectivity index (χ2n) is 5.34. The van der Waals surface area contributed by atoms with Gasteiger partial charge in [-0.25, -0.2) is 0 Å². The number of nitrogens with two attached hydrogens (primary N) is 1. The van der Waals surface area contributed by atoms with Crippen LogP contribution in [0.3, 0.4) is 0 Å². The molecule has 110 valence electrons.